The lowest BCUT2D eigenvalue weighted by Gasteiger charge is -2.30. The topological polar surface area (TPSA) is 470 Å². The number of nitrogens with zero attached hydrogens (tertiary/aromatic N) is 3. The molecule has 0 atom stereocenters. The predicted octanol–water partition coefficient (Wildman–Crippen LogP) is 3.36. The van der Waals surface area contributed by atoms with E-state index in [4.69, 9.17) is 57.6 Å². The Morgan fingerprint density at radius 1 is 0.333 bits per heavy atom. The standard InChI is InChI=1S/C66H122N14O22/c1-61(2,3)99-57(88)72-30-26-68-50(81)17-34-92-41-47(42-93-35-18-51(82)69-27-31-73-58(89)100-62(4,5)6)77-54(85)21-38-96-45-49(79-56(87)65(13,14)24-40-98-66(15,16)23-25-76-80-67)46-97-39-22-55(86)78-48(43-94-36-19-52(83)70-28-32-74-59(90)101-63(7,8)9)44-95-37-20-53(84)71-29-33-75-60(91)102-64(10,11)12/h47-49H,17-46H2,1-16H3,(H,68,81)(H,69,82)(H,70,83)(H,71,84)(H,72,88)(H,73,89)(H,74,90)(H,75,91)(H,77,85)(H,78,86)(H,79,87). The maximum Gasteiger partial charge on any atom is 0.407 e. The first-order valence-electron chi connectivity index (χ1n) is 34.5. The van der Waals surface area contributed by atoms with Gasteiger partial charge in [-0.25, -0.2) is 19.2 Å². The number of carbonyl (C=O) groups excluding carboxylic acids is 11. The predicted molar refractivity (Wildman–Crippen MR) is 374 cm³/mol. The third kappa shape index (κ3) is 59.0. The number of carbonyl (C=O) groups is 11. The van der Waals surface area contributed by atoms with Gasteiger partial charge in [0.05, 0.1) is 103 Å². The molecule has 588 valence electrons. The Morgan fingerprint density at radius 3 is 0.833 bits per heavy atom. The van der Waals surface area contributed by atoms with Crippen LogP contribution in [0.4, 0.5) is 19.2 Å². The van der Waals surface area contributed by atoms with Gasteiger partial charge in [0, 0.05) is 114 Å². The summed E-state index contributed by atoms with van der Waals surface area (Å²) in [6.45, 7) is 28.2. The van der Waals surface area contributed by atoms with Gasteiger partial charge >= 0.3 is 24.4 Å². The molecule has 36 heteroatoms. The number of amides is 11. The van der Waals surface area contributed by atoms with Crippen molar-refractivity contribution in [3.63, 3.8) is 0 Å². The van der Waals surface area contributed by atoms with Crippen LogP contribution in [0.2, 0.25) is 0 Å². The molecular formula is C66H122N14O22. The summed E-state index contributed by atoms with van der Waals surface area (Å²) in [6.07, 6.45) is -2.31. The van der Waals surface area contributed by atoms with E-state index in [2.05, 4.69) is 68.5 Å². The van der Waals surface area contributed by atoms with Crippen LogP contribution < -0.4 is 58.5 Å². The highest BCUT2D eigenvalue weighted by molar-refractivity contribution is 5.82. The highest BCUT2D eigenvalue weighted by Gasteiger charge is 2.31. The molecule has 0 rings (SSSR count). The second-order valence-electron chi connectivity index (χ2n) is 28.7. The van der Waals surface area contributed by atoms with E-state index in [0.29, 0.717) is 6.42 Å². The smallest absolute Gasteiger partial charge is 0.407 e. The summed E-state index contributed by atoms with van der Waals surface area (Å²) < 4.78 is 61.8. The molecule has 0 aromatic heterocycles. The van der Waals surface area contributed by atoms with Crippen LogP contribution in [-0.2, 0) is 85.7 Å². The number of ether oxygens (including phenoxy) is 11. The maximum atomic E-state index is 14.0. The summed E-state index contributed by atoms with van der Waals surface area (Å²) in [5.41, 5.74) is 4.34. The molecule has 0 aliphatic carbocycles. The van der Waals surface area contributed by atoms with Gasteiger partial charge < -0.3 is 111 Å². The van der Waals surface area contributed by atoms with Crippen LogP contribution in [0.5, 0.6) is 0 Å². The second kappa shape index (κ2) is 51.5. The van der Waals surface area contributed by atoms with E-state index in [9.17, 15) is 52.7 Å². The lowest BCUT2D eigenvalue weighted by atomic mass is 9.88. The first-order valence-corrected chi connectivity index (χ1v) is 34.5. The Balaban J connectivity index is 6.06. The van der Waals surface area contributed by atoms with Crippen LogP contribution in [-0.4, -0.2) is 257 Å². The fraction of sp³-hybridized carbons (Fsp3) is 0.833. The van der Waals surface area contributed by atoms with Crippen molar-refractivity contribution in [2.45, 2.75) is 208 Å². The summed E-state index contributed by atoms with van der Waals surface area (Å²) in [5.74, 6) is -2.76. The Morgan fingerprint density at radius 2 is 0.578 bits per heavy atom. The molecule has 11 N–H and O–H groups in total. The number of alkyl carbamates (subject to hydrolysis) is 4. The fourth-order valence-corrected chi connectivity index (χ4v) is 7.93. The lowest BCUT2D eigenvalue weighted by Crippen LogP contribution is -2.48. The van der Waals surface area contributed by atoms with Gasteiger partial charge in [-0.05, 0) is 115 Å². The monoisotopic (exact) mass is 1460 g/mol. The van der Waals surface area contributed by atoms with Gasteiger partial charge in [-0.15, -0.1) is 0 Å². The molecule has 0 heterocycles. The zero-order valence-electron chi connectivity index (χ0n) is 63.3. The molecule has 36 nitrogen and oxygen atoms in total. The van der Waals surface area contributed by atoms with E-state index in [-0.39, 0.29) is 219 Å². The average molecular weight is 1460 g/mol. The molecule has 0 aromatic rings. The maximum absolute atomic E-state index is 14.0. The molecule has 0 radical (unpaired) electrons. The van der Waals surface area contributed by atoms with Crippen molar-refractivity contribution < 1.29 is 105 Å². The number of hydrogen-bond donors (Lipinski definition) is 11. The summed E-state index contributed by atoms with van der Waals surface area (Å²) in [5, 5.41) is 33.1. The van der Waals surface area contributed by atoms with Crippen molar-refractivity contribution in [2.75, 3.05) is 145 Å². The van der Waals surface area contributed by atoms with Gasteiger partial charge in [-0.3, -0.25) is 33.6 Å². The van der Waals surface area contributed by atoms with E-state index in [1.807, 2.05) is 13.8 Å². The van der Waals surface area contributed by atoms with Gasteiger partial charge in [0.1, 0.15) is 22.4 Å². The van der Waals surface area contributed by atoms with Crippen LogP contribution in [0.15, 0.2) is 5.11 Å². The molecule has 11 amide bonds. The molecule has 0 aliphatic heterocycles. The van der Waals surface area contributed by atoms with Crippen LogP contribution in [0.25, 0.3) is 10.4 Å². The first kappa shape index (κ1) is 94.4. The molecular weight excluding hydrogens is 1340 g/mol. The van der Waals surface area contributed by atoms with E-state index >= 15 is 0 Å². The molecule has 0 saturated carbocycles. The lowest BCUT2D eigenvalue weighted by molar-refractivity contribution is -0.134. The van der Waals surface area contributed by atoms with Gasteiger partial charge in [0.25, 0.3) is 0 Å². The van der Waals surface area contributed by atoms with E-state index in [0.717, 1.165) is 0 Å². The van der Waals surface area contributed by atoms with Crippen molar-refractivity contribution in [3.8, 4) is 0 Å². The molecule has 0 unspecified atom stereocenters. The quantitative estimate of drug-likeness (QED) is 0.0137. The minimum absolute atomic E-state index is 0.0413. The molecule has 0 spiro atoms. The molecule has 0 saturated heterocycles. The molecule has 0 aliphatic rings. The minimum Gasteiger partial charge on any atom is -0.444 e. The normalized spacial score (nSPS) is 11.9. The largest absolute Gasteiger partial charge is 0.444 e. The number of nitrogens with one attached hydrogen (secondary N) is 11. The molecule has 0 fully saturated rings. The van der Waals surface area contributed by atoms with Crippen LogP contribution in [0, 0.1) is 5.41 Å². The van der Waals surface area contributed by atoms with Crippen molar-refractivity contribution in [1.82, 2.24) is 58.5 Å². The molecule has 102 heavy (non-hydrogen) atoms. The van der Waals surface area contributed by atoms with Gasteiger partial charge in [0.2, 0.25) is 41.4 Å². The Hall–Kier alpha value is -7.60. The molecule has 0 bridgehead atoms. The van der Waals surface area contributed by atoms with E-state index in [1.165, 1.54) is 0 Å². The van der Waals surface area contributed by atoms with Gasteiger partial charge in [-0.2, -0.15) is 0 Å². The average Bonchev–Trinajstić information content (AvgIpc) is 0.866. The molecule has 0 aromatic carbocycles. The van der Waals surface area contributed by atoms with Crippen LogP contribution in [0.3, 0.4) is 0 Å². The van der Waals surface area contributed by atoms with Crippen molar-refractivity contribution in [1.29, 1.82) is 0 Å². The van der Waals surface area contributed by atoms with Gasteiger partial charge in [0.15, 0.2) is 0 Å². The zero-order chi connectivity index (χ0) is 77.3. The third-order valence-electron chi connectivity index (χ3n) is 13.0. The summed E-state index contributed by atoms with van der Waals surface area (Å²) >= 11 is 0. The summed E-state index contributed by atoms with van der Waals surface area (Å²) in [4.78, 5) is 142. The van der Waals surface area contributed by atoms with E-state index in [1.54, 1.807) is 96.9 Å². The number of hydrogen-bond acceptors (Lipinski definition) is 23. The van der Waals surface area contributed by atoms with Gasteiger partial charge in [-0.1, -0.05) is 19.0 Å². The summed E-state index contributed by atoms with van der Waals surface area (Å²) in [6, 6.07) is -2.31. The second-order valence-corrected chi connectivity index (χ2v) is 28.7. The minimum atomic E-state index is -0.985. The SMILES string of the molecule is CC(C)(C)OC(=O)NCCNC(=O)CCOCC(COCCC(=O)NCCNC(=O)OC(C)(C)C)NC(=O)CCOCC(COCCC(=O)NC(COCCC(=O)NCCNC(=O)OC(C)(C)C)COCCC(=O)NCCNC(=O)OC(C)(C)C)NC(=O)C(C)(C)CCOC(C)(C)CCN=[N+]=[N-]. The highest BCUT2D eigenvalue weighted by Crippen LogP contribution is 2.24. The van der Waals surface area contributed by atoms with Crippen molar-refractivity contribution in [3.05, 3.63) is 10.4 Å². The highest BCUT2D eigenvalue weighted by atomic mass is 16.6. The first-order chi connectivity index (χ1) is 47.6. The van der Waals surface area contributed by atoms with Crippen LogP contribution >= 0.6 is 0 Å². The zero-order valence-corrected chi connectivity index (χ0v) is 63.3. The number of azide groups is 1. The fourth-order valence-electron chi connectivity index (χ4n) is 7.93. The third-order valence-corrected chi connectivity index (χ3v) is 13.0. The Labute approximate surface area is 601 Å². The Kier molecular flexibility index (Phi) is 47.7. The van der Waals surface area contributed by atoms with E-state index < -0.39 is 87.7 Å². The van der Waals surface area contributed by atoms with Crippen molar-refractivity contribution in [2.24, 2.45) is 10.5 Å². The van der Waals surface area contributed by atoms with Crippen molar-refractivity contribution >= 4 is 65.7 Å². The number of rotatable bonds is 53. The summed E-state index contributed by atoms with van der Waals surface area (Å²) in [7, 11) is 0. The van der Waals surface area contributed by atoms with Crippen LogP contribution in [0.1, 0.15) is 162 Å². The Bertz CT molecular complexity index is 2320.